The van der Waals surface area contributed by atoms with Crippen molar-refractivity contribution in [2.45, 2.75) is 26.2 Å². The number of nitrogens with zero attached hydrogens (tertiary/aromatic N) is 1. The minimum absolute atomic E-state index is 0.0495. The van der Waals surface area contributed by atoms with E-state index < -0.39 is 5.92 Å². The summed E-state index contributed by atoms with van der Waals surface area (Å²) in [6, 6.07) is 11.1. The van der Waals surface area contributed by atoms with Crippen LogP contribution in [0.25, 0.3) is 0 Å². The number of benzene rings is 1. The zero-order valence-electron chi connectivity index (χ0n) is 8.94. The molecule has 0 saturated carbocycles. The van der Waals surface area contributed by atoms with E-state index in [-0.39, 0.29) is 5.78 Å². The van der Waals surface area contributed by atoms with Crippen LogP contribution >= 0.6 is 0 Å². The first-order chi connectivity index (χ1) is 7.29. The molecular weight excluding hydrogens is 186 g/mol. The molecule has 0 fully saturated rings. The summed E-state index contributed by atoms with van der Waals surface area (Å²) in [5, 5.41) is 8.91. The molecule has 0 N–H and O–H groups in total. The second kappa shape index (κ2) is 5.98. The fourth-order valence-corrected chi connectivity index (χ4v) is 1.47. The molecule has 0 spiro atoms. The number of hydrogen-bond acceptors (Lipinski definition) is 2. The number of hydrogen-bond donors (Lipinski definition) is 0. The van der Waals surface area contributed by atoms with Crippen LogP contribution in [0, 0.1) is 17.2 Å². The van der Waals surface area contributed by atoms with Gasteiger partial charge in [-0.2, -0.15) is 5.26 Å². The number of rotatable bonds is 5. The van der Waals surface area contributed by atoms with E-state index in [0.717, 1.165) is 12.8 Å². The zero-order valence-corrected chi connectivity index (χ0v) is 8.94. The van der Waals surface area contributed by atoms with Crippen LogP contribution in [-0.2, 0) is 0 Å². The Labute approximate surface area is 90.5 Å². The first-order valence-corrected chi connectivity index (χ1v) is 5.28. The van der Waals surface area contributed by atoms with Gasteiger partial charge in [-0.15, -0.1) is 0 Å². The lowest BCUT2D eigenvalue weighted by molar-refractivity contribution is 0.0943. The highest BCUT2D eigenvalue weighted by Gasteiger charge is 2.18. The maximum Gasteiger partial charge on any atom is 0.179 e. The smallest absolute Gasteiger partial charge is 0.179 e. The van der Waals surface area contributed by atoms with E-state index in [1.54, 1.807) is 12.1 Å². The molecule has 1 rings (SSSR count). The van der Waals surface area contributed by atoms with Crippen molar-refractivity contribution >= 4 is 5.78 Å². The Balaban J connectivity index is 2.70. The highest BCUT2D eigenvalue weighted by atomic mass is 16.1. The Kier molecular flexibility index (Phi) is 4.56. The molecule has 0 aliphatic rings. The fourth-order valence-electron chi connectivity index (χ4n) is 1.47. The van der Waals surface area contributed by atoms with E-state index in [4.69, 9.17) is 5.26 Å². The van der Waals surface area contributed by atoms with Gasteiger partial charge in [-0.05, 0) is 6.42 Å². The molecule has 2 nitrogen and oxygen atoms in total. The van der Waals surface area contributed by atoms with Gasteiger partial charge in [0.15, 0.2) is 5.78 Å². The minimum Gasteiger partial charge on any atom is -0.293 e. The summed E-state index contributed by atoms with van der Waals surface area (Å²) in [6.45, 7) is 2.06. The van der Waals surface area contributed by atoms with E-state index in [1.165, 1.54) is 0 Å². The van der Waals surface area contributed by atoms with Crippen LogP contribution < -0.4 is 0 Å². The monoisotopic (exact) mass is 201 g/mol. The zero-order chi connectivity index (χ0) is 11.1. The predicted octanol–water partition coefficient (Wildman–Crippen LogP) is 3.20. The molecule has 0 bridgehead atoms. The van der Waals surface area contributed by atoms with Crippen LogP contribution in [0.4, 0.5) is 0 Å². The highest BCUT2D eigenvalue weighted by Crippen LogP contribution is 2.14. The van der Waals surface area contributed by atoms with Gasteiger partial charge >= 0.3 is 0 Å². The van der Waals surface area contributed by atoms with Gasteiger partial charge in [-0.1, -0.05) is 50.1 Å². The number of nitriles is 1. The number of carbonyl (C=O) groups excluding carboxylic acids is 1. The molecule has 1 aromatic carbocycles. The van der Waals surface area contributed by atoms with Crippen molar-refractivity contribution in [1.29, 1.82) is 5.26 Å². The molecular formula is C13H15NO. The van der Waals surface area contributed by atoms with Crippen molar-refractivity contribution in [3.63, 3.8) is 0 Å². The van der Waals surface area contributed by atoms with E-state index in [1.807, 2.05) is 18.2 Å². The van der Waals surface area contributed by atoms with Crippen LogP contribution in [-0.4, -0.2) is 5.78 Å². The summed E-state index contributed by atoms with van der Waals surface area (Å²) in [6.07, 6.45) is 2.61. The number of unbranched alkanes of at least 4 members (excludes halogenated alkanes) is 1. The third-order valence-corrected chi connectivity index (χ3v) is 2.38. The van der Waals surface area contributed by atoms with E-state index in [2.05, 4.69) is 13.0 Å². The SMILES string of the molecule is CCCCC(C#N)C(=O)c1ccccc1. The standard InChI is InChI=1S/C13H15NO/c1-2-3-7-12(10-14)13(15)11-8-5-4-6-9-11/h4-6,8-9,12H,2-3,7H2,1H3. The third-order valence-electron chi connectivity index (χ3n) is 2.38. The van der Waals surface area contributed by atoms with Crippen LogP contribution in [0.15, 0.2) is 30.3 Å². The average molecular weight is 201 g/mol. The van der Waals surface area contributed by atoms with Gasteiger partial charge in [0.25, 0.3) is 0 Å². The van der Waals surface area contributed by atoms with Crippen molar-refractivity contribution in [3.05, 3.63) is 35.9 Å². The second-order valence-corrected chi connectivity index (χ2v) is 3.55. The molecule has 2 heteroatoms. The number of carbonyl (C=O) groups is 1. The van der Waals surface area contributed by atoms with E-state index >= 15 is 0 Å². The second-order valence-electron chi connectivity index (χ2n) is 3.55. The molecule has 0 aliphatic carbocycles. The van der Waals surface area contributed by atoms with Gasteiger partial charge in [-0.3, -0.25) is 4.79 Å². The van der Waals surface area contributed by atoms with Crippen LogP contribution in [0.2, 0.25) is 0 Å². The number of ketones is 1. The topological polar surface area (TPSA) is 40.9 Å². The first kappa shape index (κ1) is 11.5. The summed E-state index contributed by atoms with van der Waals surface area (Å²) >= 11 is 0. The highest BCUT2D eigenvalue weighted by molar-refractivity contribution is 5.99. The molecule has 0 aromatic heterocycles. The molecule has 15 heavy (non-hydrogen) atoms. The molecule has 0 heterocycles. The molecule has 78 valence electrons. The molecule has 0 aliphatic heterocycles. The van der Waals surface area contributed by atoms with Gasteiger partial charge in [-0.25, -0.2) is 0 Å². The van der Waals surface area contributed by atoms with Crippen molar-refractivity contribution in [1.82, 2.24) is 0 Å². The minimum atomic E-state index is -0.479. The van der Waals surface area contributed by atoms with Gasteiger partial charge in [0.05, 0.1) is 6.07 Å². The lowest BCUT2D eigenvalue weighted by Gasteiger charge is -2.06. The quantitative estimate of drug-likeness (QED) is 0.686. The Morgan fingerprint density at radius 2 is 2.07 bits per heavy atom. The summed E-state index contributed by atoms with van der Waals surface area (Å²) < 4.78 is 0. The molecule has 0 saturated heterocycles. The van der Waals surface area contributed by atoms with Gasteiger partial charge in [0.1, 0.15) is 5.92 Å². The first-order valence-electron chi connectivity index (χ1n) is 5.28. The third kappa shape index (κ3) is 3.21. The lowest BCUT2D eigenvalue weighted by Crippen LogP contribution is -2.12. The fraction of sp³-hybridized carbons (Fsp3) is 0.385. The Morgan fingerprint density at radius 1 is 1.40 bits per heavy atom. The largest absolute Gasteiger partial charge is 0.293 e. The lowest BCUT2D eigenvalue weighted by atomic mass is 9.94. The Morgan fingerprint density at radius 3 is 2.60 bits per heavy atom. The van der Waals surface area contributed by atoms with Crippen LogP contribution in [0.5, 0.6) is 0 Å². The van der Waals surface area contributed by atoms with Gasteiger partial charge in [0.2, 0.25) is 0 Å². The maximum atomic E-state index is 11.9. The average Bonchev–Trinajstić information content (AvgIpc) is 2.31. The molecule has 0 radical (unpaired) electrons. The summed E-state index contributed by atoms with van der Waals surface area (Å²) in [7, 11) is 0. The summed E-state index contributed by atoms with van der Waals surface area (Å²) in [5.41, 5.74) is 0.639. The van der Waals surface area contributed by atoms with Crippen LogP contribution in [0.1, 0.15) is 36.5 Å². The van der Waals surface area contributed by atoms with Crippen molar-refractivity contribution in [2.75, 3.05) is 0 Å². The Bertz CT molecular complexity index is 351. The predicted molar refractivity (Wildman–Crippen MR) is 59.4 cm³/mol. The molecule has 1 aromatic rings. The molecule has 1 atom stereocenters. The van der Waals surface area contributed by atoms with Crippen molar-refractivity contribution in [3.8, 4) is 6.07 Å². The Hall–Kier alpha value is -1.62. The van der Waals surface area contributed by atoms with Crippen LogP contribution in [0.3, 0.4) is 0 Å². The maximum absolute atomic E-state index is 11.9. The molecule has 0 amide bonds. The van der Waals surface area contributed by atoms with Gasteiger partial charge in [0, 0.05) is 5.56 Å². The van der Waals surface area contributed by atoms with E-state index in [9.17, 15) is 4.79 Å². The van der Waals surface area contributed by atoms with Crippen molar-refractivity contribution in [2.24, 2.45) is 5.92 Å². The summed E-state index contributed by atoms with van der Waals surface area (Å²) in [5.74, 6) is -0.529. The normalized spacial score (nSPS) is 11.7. The number of Topliss-reactive ketones (excluding diaryl/α,β-unsaturated/α-hetero) is 1. The van der Waals surface area contributed by atoms with Crippen molar-refractivity contribution < 1.29 is 4.79 Å². The van der Waals surface area contributed by atoms with E-state index in [0.29, 0.717) is 12.0 Å². The summed E-state index contributed by atoms with van der Waals surface area (Å²) in [4.78, 5) is 11.9. The van der Waals surface area contributed by atoms with Gasteiger partial charge < -0.3 is 0 Å². The molecule has 1 unspecified atom stereocenters.